The average Bonchev–Trinajstić information content (AvgIpc) is 3.29. The number of hydrogen-bond donors (Lipinski definition) is 2. The first kappa shape index (κ1) is 21.2. The van der Waals surface area contributed by atoms with Crippen LogP contribution in [0, 0.1) is 11.3 Å². The first-order valence-corrected chi connectivity index (χ1v) is 11.6. The van der Waals surface area contributed by atoms with E-state index in [-0.39, 0.29) is 24.0 Å². The molecular weight excluding hydrogens is 463 g/mol. The molecule has 0 aromatic rings. The van der Waals surface area contributed by atoms with Crippen molar-refractivity contribution in [2.45, 2.75) is 101 Å². The Hall–Kier alpha value is -0.0800. The van der Waals surface area contributed by atoms with Crippen LogP contribution in [0.15, 0.2) is 4.99 Å². The molecule has 3 saturated heterocycles. The maximum absolute atomic E-state index is 6.17. The van der Waals surface area contributed by atoms with Crippen molar-refractivity contribution in [2.75, 3.05) is 20.2 Å². The van der Waals surface area contributed by atoms with Crippen LogP contribution in [0.4, 0.5) is 0 Å². The normalized spacial score (nSPS) is 41.9. The maximum atomic E-state index is 6.17. The summed E-state index contributed by atoms with van der Waals surface area (Å²) in [5.74, 6) is 1.77. The molecule has 5 unspecified atom stereocenters. The molecule has 5 rings (SSSR count). The number of guanidine groups is 1. The molecular formula is C22H39IN4O. The zero-order valence-electron chi connectivity index (χ0n) is 17.7. The lowest BCUT2D eigenvalue weighted by Gasteiger charge is -2.57. The highest BCUT2D eigenvalue weighted by atomic mass is 127. The van der Waals surface area contributed by atoms with Crippen LogP contribution < -0.4 is 10.6 Å². The molecule has 3 heterocycles. The van der Waals surface area contributed by atoms with Gasteiger partial charge in [-0.25, -0.2) is 0 Å². The number of piperidine rings is 2. The summed E-state index contributed by atoms with van der Waals surface area (Å²) in [7, 11) is 2.34. The van der Waals surface area contributed by atoms with E-state index >= 15 is 0 Å². The molecule has 3 aliphatic heterocycles. The molecule has 160 valence electrons. The Balaban J connectivity index is 0.00000192. The summed E-state index contributed by atoms with van der Waals surface area (Å²) in [4.78, 5) is 7.51. The van der Waals surface area contributed by atoms with E-state index in [9.17, 15) is 0 Å². The van der Waals surface area contributed by atoms with Crippen LogP contribution in [-0.4, -0.2) is 61.3 Å². The van der Waals surface area contributed by atoms with Crippen molar-refractivity contribution < 1.29 is 4.74 Å². The number of aliphatic imine (C=N–C) groups is 1. The van der Waals surface area contributed by atoms with Crippen LogP contribution >= 0.6 is 24.0 Å². The van der Waals surface area contributed by atoms with E-state index in [4.69, 9.17) is 9.73 Å². The molecule has 0 aromatic carbocycles. The fourth-order valence-corrected chi connectivity index (χ4v) is 7.27. The second kappa shape index (κ2) is 8.58. The standard InChI is InChI=1S/C22H38N4O.HI/c1-3-23-21(24-15-13-16-7-6-8-17(14-15)26(16)2)25-19-18-9-12-27-20(18)22(19)10-4-5-11-22;/h15-20H,3-14H2,1-2H3,(H2,23,24,25);1H. The summed E-state index contributed by atoms with van der Waals surface area (Å²) in [6.45, 7) is 3.96. The largest absolute Gasteiger partial charge is 0.377 e. The van der Waals surface area contributed by atoms with E-state index in [1.807, 2.05) is 0 Å². The van der Waals surface area contributed by atoms with Gasteiger partial charge in [0.05, 0.1) is 6.10 Å². The summed E-state index contributed by atoms with van der Waals surface area (Å²) < 4.78 is 6.17. The van der Waals surface area contributed by atoms with Gasteiger partial charge in [0.1, 0.15) is 0 Å². The van der Waals surface area contributed by atoms with Crippen LogP contribution in [0.3, 0.4) is 0 Å². The SMILES string of the molecule is CCN=C(NC1CC2CCCC(C1)N2C)NC1C2CCOC2C12CCCC2.I. The second-order valence-electron chi connectivity index (χ2n) is 9.85. The molecule has 2 saturated carbocycles. The topological polar surface area (TPSA) is 48.9 Å². The number of hydrogen-bond acceptors (Lipinski definition) is 3. The number of halogens is 1. The number of ether oxygens (including phenoxy) is 1. The zero-order chi connectivity index (χ0) is 18.4. The monoisotopic (exact) mass is 502 g/mol. The van der Waals surface area contributed by atoms with Gasteiger partial charge >= 0.3 is 0 Å². The van der Waals surface area contributed by atoms with Gasteiger partial charge in [0.15, 0.2) is 5.96 Å². The first-order valence-electron chi connectivity index (χ1n) is 11.6. The Morgan fingerprint density at radius 1 is 1.07 bits per heavy atom. The van der Waals surface area contributed by atoms with Crippen molar-refractivity contribution >= 4 is 29.9 Å². The van der Waals surface area contributed by atoms with E-state index in [0.29, 0.717) is 29.5 Å². The zero-order valence-corrected chi connectivity index (χ0v) is 20.0. The van der Waals surface area contributed by atoms with Crippen LogP contribution in [0.1, 0.15) is 71.1 Å². The van der Waals surface area contributed by atoms with E-state index in [2.05, 4.69) is 29.5 Å². The molecule has 5 aliphatic rings. The molecule has 5 atom stereocenters. The summed E-state index contributed by atoms with van der Waals surface area (Å²) in [5, 5.41) is 7.79. The van der Waals surface area contributed by atoms with Gasteiger partial charge in [-0.1, -0.05) is 19.3 Å². The van der Waals surface area contributed by atoms with Crippen molar-refractivity contribution in [3.05, 3.63) is 0 Å². The molecule has 0 radical (unpaired) electrons. The predicted octanol–water partition coefficient (Wildman–Crippen LogP) is 3.52. The lowest BCUT2D eigenvalue weighted by molar-refractivity contribution is -0.125. The fraction of sp³-hybridized carbons (Fsp3) is 0.955. The lowest BCUT2D eigenvalue weighted by Crippen LogP contribution is -2.70. The smallest absolute Gasteiger partial charge is 0.191 e. The summed E-state index contributed by atoms with van der Waals surface area (Å²) in [6, 6.07) is 2.66. The molecule has 6 heteroatoms. The quantitative estimate of drug-likeness (QED) is 0.352. The molecule has 0 amide bonds. The van der Waals surface area contributed by atoms with E-state index < -0.39 is 0 Å². The Labute approximate surface area is 187 Å². The lowest BCUT2D eigenvalue weighted by atomic mass is 9.54. The highest BCUT2D eigenvalue weighted by Crippen LogP contribution is 2.60. The van der Waals surface area contributed by atoms with Crippen LogP contribution in [0.25, 0.3) is 0 Å². The molecule has 1 spiro atoms. The summed E-state index contributed by atoms with van der Waals surface area (Å²) in [6.07, 6.45) is 13.8. The Bertz CT molecular complexity index is 565. The molecule has 28 heavy (non-hydrogen) atoms. The Kier molecular flexibility index (Phi) is 6.48. The van der Waals surface area contributed by atoms with E-state index in [1.54, 1.807) is 0 Å². The highest BCUT2D eigenvalue weighted by molar-refractivity contribution is 14.0. The molecule has 2 N–H and O–H groups in total. The Morgan fingerprint density at radius 2 is 1.79 bits per heavy atom. The van der Waals surface area contributed by atoms with Gasteiger partial charge in [-0.2, -0.15) is 0 Å². The third kappa shape index (κ3) is 3.49. The van der Waals surface area contributed by atoms with Crippen LogP contribution in [-0.2, 0) is 4.74 Å². The van der Waals surface area contributed by atoms with Crippen LogP contribution in [0.2, 0.25) is 0 Å². The maximum Gasteiger partial charge on any atom is 0.191 e. The number of nitrogens with zero attached hydrogens (tertiary/aromatic N) is 2. The van der Waals surface area contributed by atoms with Crippen molar-refractivity contribution in [1.29, 1.82) is 0 Å². The molecule has 5 fully saturated rings. The van der Waals surface area contributed by atoms with Crippen molar-refractivity contribution in [3.63, 3.8) is 0 Å². The number of fused-ring (bicyclic) bond motifs is 4. The van der Waals surface area contributed by atoms with E-state index in [0.717, 1.165) is 31.2 Å². The molecule has 0 aromatic heterocycles. The van der Waals surface area contributed by atoms with Crippen molar-refractivity contribution in [1.82, 2.24) is 15.5 Å². The minimum Gasteiger partial charge on any atom is -0.377 e. The molecule has 5 nitrogen and oxygen atoms in total. The Morgan fingerprint density at radius 3 is 2.46 bits per heavy atom. The third-order valence-electron chi connectivity index (χ3n) is 8.58. The minimum absolute atomic E-state index is 0. The number of nitrogens with one attached hydrogen (secondary N) is 2. The van der Waals surface area contributed by atoms with Crippen molar-refractivity contribution in [3.8, 4) is 0 Å². The highest BCUT2D eigenvalue weighted by Gasteiger charge is 2.65. The van der Waals surface area contributed by atoms with Gasteiger partial charge in [-0.15, -0.1) is 24.0 Å². The van der Waals surface area contributed by atoms with Gasteiger partial charge in [0.2, 0.25) is 0 Å². The first-order chi connectivity index (χ1) is 13.2. The summed E-state index contributed by atoms with van der Waals surface area (Å²) >= 11 is 0. The van der Waals surface area contributed by atoms with E-state index in [1.165, 1.54) is 64.2 Å². The van der Waals surface area contributed by atoms with Crippen molar-refractivity contribution in [2.24, 2.45) is 16.3 Å². The van der Waals surface area contributed by atoms with Gasteiger partial charge in [0, 0.05) is 48.7 Å². The van der Waals surface area contributed by atoms with Gasteiger partial charge < -0.3 is 20.3 Å². The van der Waals surface area contributed by atoms with Crippen LogP contribution in [0.5, 0.6) is 0 Å². The third-order valence-corrected chi connectivity index (χ3v) is 8.58. The predicted molar refractivity (Wildman–Crippen MR) is 124 cm³/mol. The van der Waals surface area contributed by atoms with Gasteiger partial charge in [-0.05, 0) is 58.9 Å². The second-order valence-corrected chi connectivity index (χ2v) is 9.85. The van der Waals surface area contributed by atoms with Gasteiger partial charge in [-0.3, -0.25) is 4.99 Å². The number of rotatable bonds is 3. The molecule has 2 aliphatic carbocycles. The fourth-order valence-electron chi connectivity index (χ4n) is 7.27. The minimum atomic E-state index is 0. The summed E-state index contributed by atoms with van der Waals surface area (Å²) in [5.41, 5.74) is 0.390. The molecule has 2 bridgehead atoms. The average molecular weight is 502 g/mol. The van der Waals surface area contributed by atoms with Gasteiger partial charge in [0.25, 0.3) is 0 Å².